The van der Waals surface area contributed by atoms with Crippen molar-refractivity contribution in [2.24, 2.45) is 0 Å². The SMILES string of the molecule is CCN1C(=O)c2ccc(F)cc2S(=O)(=O)c2cc(S(=O)(=O)N(Cc3ccc(OC)cc3OC)C3CCN(C(=O)O)CC3)c(C(C)C)cc21. The molecule has 0 aliphatic carbocycles. The van der Waals surface area contributed by atoms with Gasteiger partial charge in [0.1, 0.15) is 17.3 Å². The van der Waals surface area contributed by atoms with Crippen LogP contribution in [0.5, 0.6) is 11.5 Å². The van der Waals surface area contributed by atoms with Gasteiger partial charge in [0.2, 0.25) is 19.9 Å². The number of hydrogen-bond donors (Lipinski definition) is 1. The van der Waals surface area contributed by atoms with Crippen LogP contribution in [0.1, 0.15) is 61.0 Å². The molecule has 0 radical (unpaired) electrons. The predicted octanol–water partition coefficient (Wildman–Crippen LogP) is 5.11. The molecule has 2 heterocycles. The number of sulfonamides is 1. The topological polar surface area (TPSA) is 151 Å². The number of carboxylic acid groups (broad SMARTS) is 1. The second-order valence-corrected chi connectivity index (χ2v) is 15.7. The lowest BCUT2D eigenvalue weighted by atomic mass is 10.0. The van der Waals surface area contributed by atoms with Gasteiger partial charge in [0, 0.05) is 43.9 Å². The van der Waals surface area contributed by atoms with E-state index in [4.69, 9.17) is 9.47 Å². The standard InChI is InChI=1S/C33H38FN3O9S2/c1-6-36-27-17-26(20(2)3)30(18-31(27)47(41,42)29-15-22(34)8-10-25(29)32(36)38)48(43,44)37(23-11-13-35(14-12-23)33(39)40)19-21-7-9-24(45-4)16-28(21)46-5/h7-10,15-18,20,23H,6,11-14,19H2,1-5H3,(H,39,40). The van der Waals surface area contributed by atoms with E-state index in [1.807, 2.05) is 0 Å². The quantitative estimate of drug-likeness (QED) is 0.321. The number of methoxy groups -OCH3 is 2. The Kier molecular flexibility index (Phi) is 9.77. The van der Waals surface area contributed by atoms with Crippen molar-refractivity contribution in [3.8, 4) is 11.5 Å². The van der Waals surface area contributed by atoms with E-state index in [1.54, 1.807) is 39.0 Å². The summed E-state index contributed by atoms with van der Waals surface area (Å²) in [5.41, 5.74) is 0.563. The van der Waals surface area contributed by atoms with E-state index in [0.29, 0.717) is 17.1 Å². The van der Waals surface area contributed by atoms with Crippen LogP contribution in [0.15, 0.2) is 63.2 Å². The van der Waals surface area contributed by atoms with Gasteiger partial charge in [-0.25, -0.2) is 26.0 Å². The number of sulfone groups is 1. The van der Waals surface area contributed by atoms with Crippen molar-refractivity contribution in [3.05, 3.63) is 71.0 Å². The third kappa shape index (κ3) is 6.21. The van der Waals surface area contributed by atoms with Crippen molar-refractivity contribution in [1.29, 1.82) is 0 Å². The first kappa shape index (κ1) is 35.1. The van der Waals surface area contributed by atoms with Crippen LogP contribution >= 0.6 is 0 Å². The molecule has 0 bridgehead atoms. The fourth-order valence-electron chi connectivity index (χ4n) is 6.28. The largest absolute Gasteiger partial charge is 0.497 e. The Balaban J connectivity index is 1.74. The summed E-state index contributed by atoms with van der Waals surface area (Å²) in [5, 5.41) is 9.54. The monoisotopic (exact) mass is 703 g/mol. The summed E-state index contributed by atoms with van der Waals surface area (Å²) in [6.07, 6.45) is -0.728. The molecule has 2 aliphatic rings. The molecule has 2 aliphatic heterocycles. The number of halogens is 1. The molecule has 15 heteroatoms. The Morgan fingerprint density at radius 3 is 2.31 bits per heavy atom. The van der Waals surface area contributed by atoms with Gasteiger partial charge in [-0.2, -0.15) is 4.31 Å². The number of anilines is 1. The van der Waals surface area contributed by atoms with Gasteiger partial charge in [0.15, 0.2) is 0 Å². The summed E-state index contributed by atoms with van der Waals surface area (Å²) >= 11 is 0. The molecule has 0 aromatic heterocycles. The average Bonchev–Trinajstić information content (AvgIpc) is 3.12. The molecule has 48 heavy (non-hydrogen) atoms. The Labute approximate surface area is 279 Å². The molecular formula is C33H38FN3O9S2. The molecule has 3 aromatic rings. The highest BCUT2D eigenvalue weighted by atomic mass is 32.2. The minimum absolute atomic E-state index is 0.0000943. The van der Waals surface area contributed by atoms with E-state index in [2.05, 4.69) is 0 Å². The van der Waals surface area contributed by atoms with Gasteiger partial charge in [-0.3, -0.25) is 4.79 Å². The summed E-state index contributed by atoms with van der Waals surface area (Å²) in [4.78, 5) is 26.5. The number of rotatable bonds is 9. The van der Waals surface area contributed by atoms with Gasteiger partial charge >= 0.3 is 6.09 Å². The van der Waals surface area contributed by atoms with E-state index in [9.17, 15) is 35.9 Å². The molecule has 258 valence electrons. The zero-order valence-corrected chi connectivity index (χ0v) is 28.9. The molecule has 1 N–H and O–H groups in total. The molecule has 0 saturated carbocycles. The van der Waals surface area contributed by atoms with Gasteiger partial charge in [-0.15, -0.1) is 0 Å². The van der Waals surface area contributed by atoms with Gasteiger partial charge in [-0.05, 0) is 67.6 Å². The Bertz CT molecular complexity index is 1980. The lowest BCUT2D eigenvalue weighted by Gasteiger charge is -2.37. The Morgan fingerprint density at radius 1 is 1.04 bits per heavy atom. The first-order valence-corrected chi connectivity index (χ1v) is 18.3. The fourth-order valence-corrected chi connectivity index (χ4v) is 10.0. The maximum Gasteiger partial charge on any atom is 0.407 e. The van der Waals surface area contributed by atoms with Crippen molar-refractivity contribution >= 4 is 37.5 Å². The van der Waals surface area contributed by atoms with Crippen LogP contribution in [0, 0.1) is 5.82 Å². The number of amides is 2. The molecule has 0 atom stereocenters. The number of carbonyl (C=O) groups excluding carboxylic acids is 1. The molecule has 3 aromatic carbocycles. The second-order valence-electron chi connectivity index (χ2n) is 11.9. The smallest absolute Gasteiger partial charge is 0.407 e. The molecule has 12 nitrogen and oxygen atoms in total. The minimum atomic E-state index is -4.60. The lowest BCUT2D eigenvalue weighted by molar-refractivity contribution is 0.0985. The number of benzene rings is 3. The molecule has 0 spiro atoms. The number of nitrogens with zero attached hydrogens (tertiary/aromatic N) is 3. The number of carbonyl (C=O) groups is 2. The highest BCUT2D eigenvalue weighted by Gasteiger charge is 2.41. The molecule has 1 fully saturated rings. The van der Waals surface area contributed by atoms with Crippen LogP contribution < -0.4 is 14.4 Å². The average molecular weight is 704 g/mol. The molecule has 2 amide bonds. The van der Waals surface area contributed by atoms with Crippen LogP contribution in [0.3, 0.4) is 0 Å². The maximum absolute atomic E-state index is 15.0. The molecule has 1 saturated heterocycles. The van der Waals surface area contributed by atoms with E-state index in [-0.39, 0.29) is 60.7 Å². The normalized spacial score (nSPS) is 16.5. The summed E-state index contributed by atoms with van der Waals surface area (Å²) in [6, 6.07) is 9.70. The first-order chi connectivity index (χ1) is 22.6. The van der Waals surface area contributed by atoms with Crippen LogP contribution in [-0.2, 0) is 26.4 Å². The lowest BCUT2D eigenvalue weighted by Crippen LogP contribution is -2.48. The third-order valence-electron chi connectivity index (χ3n) is 8.87. The second kappa shape index (κ2) is 13.4. The van der Waals surface area contributed by atoms with Crippen molar-refractivity contribution in [2.75, 3.05) is 38.8 Å². The highest BCUT2D eigenvalue weighted by Crippen LogP contribution is 2.43. The van der Waals surface area contributed by atoms with Gasteiger partial charge in [0.25, 0.3) is 5.91 Å². The number of likely N-dealkylation sites (tertiary alicyclic amines) is 1. The highest BCUT2D eigenvalue weighted by molar-refractivity contribution is 7.92. The van der Waals surface area contributed by atoms with E-state index in [0.717, 1.165) is 24.3 Å². The molecule has 5 rings (SSSR count). The van der Waals surface area contributed by atoms with Gasteiger partial charge < -0.3 is 24.4 Å². The summed E-state index contributed by atoms with van der Waals surface area (Å²) < 4.78 is 85.0. The summed E-state index contributed by atoms with van der Waals surface area (Å²) in [5.74, 6) is -1.11. The molecule has 0 unspecified atom stereocenters. The minimum Gasteiger partial charge on any atom is -0.497 e. The van der Waals surface area contributed by atoms with Crippen molar-refractivity contribution in [2.45, 2.75) is 66.8 Å². The van der Waals surface area contributed by atoms with E-state index >= 15 is 0 Å². The number of fused-ring (bicyclic) bond motifs is 2. The van der Waals surface area contributed by atoms with E-state index in [1.165, 1.54) is 34.4 Å². The first-order valence-electron chi connectivity index (χ1n) is 15.4. The van der Waals surface area contributed by atoms with Crippen molar-refractivity contribution in [3.63, 3.8) is 0 Å². The van der Waals surface area contributed by atoms with Crippen LogP contribution in [0.25, 0.3) is 0 Å². The number of piperidine rings is 1. The van der Waals surface area contributed by atoms with Crippen LogP contribution in [0.4, 0.5) is 14.9 Å². The summed E-state index contributed by atoms with van der Waals surface area (Å²) in [6.45, 7) is 5.26. The Hall–Kier alpha value is -4.21. The fraction of sp³-hybridized carbons (Fsp3) is 0.394. The number of ether oxygens (including phenoxy) is 2. The zero-order chi connectivity index (χ0) is 35.1. The maximum atomic E-state index is 15.0. The predicted molar refractivity (Wildman–Crippen MR) is 175 cm³/mol. The zero-order valence-electron chi connectivity index (χ0n) is 27.3. The van der Waals surface area contributed by atoms with Crippen molar-refractivity contribution < 1.29 is 45.4 Å². The van der Waals surface area contributed by atoms with Crippen LogP contribution in [0.2, 0.25) is 0 Å². The molecular weight excluding hydrogens is 666 g/mol. The van der Waals surface area contributed by atoms with Crippen molar-refractivity contribution in [1.82, 2.24) is 9.21 Å². The Morgan fingerprint density at radius 2 is 1.73 bits per heavy atom. The van der Waals surface area contributed by atoms with E-state index < -0.39 is 59.4 Å². The summed E-state index contributed by atoms with van der Waals surface area (Å²) in [7, 11) is -6.20. The number of hydrogen-bond acceptors (Lipinski definition) is 8. The third-order valence-corrected chi connectivity index (χ3v) is 12.6. The van der Waals surface area contributed by atoms with Gasteiger partial charge in [-0.1, -0.05) is 19.9 Å². The van der Waals surface area contributed by atoms with Crippen LogP contribution in [-0.4, -0.2) is 83.0 Å². The van der Waals surface area contributed by atoms with Gasteiger partial charge in [0.05, 0.1) is 40.2 Å².